The van der Waals surface area contributed by atoms with Crippen molar-refractivity contribution in [3.05, 3.63) is 0 Å². The Labute approximate surface area is 116 Å². The van der Waals surface area contributed by atoms with E-state index in [1.807, 2.05) is 25.7 Å². The zero-order valence-corrected chi connectivity index (χ0v) is 13.0. The first-order chi connectivity index (χ1) is 9.01. The molecule has 1 fully saturated rings. The molecule has 1 aliphatic heterocycles. The molecule has 1 N–H and O–H groups in total. The van der Waals surface area contributed by atoms with Crippen molar-refractivity contribution in [2.24, 2.45) is 0 Å². The predicted molar refractivity (Wildman–Crippen MR) is 76.8 cm³/mol. The summed E-state index contributed by atoms with van der Waals surface area (Å²) in [7, 11) is 0. The number of nitrogens with one attached hydrogen (secondary N) is 1. The average Bonchev–Trinajstić information content (AvgIpc) is 2.43. The maximum absolute atomic E-state index is 12.9. The zero-order valence-electron chi connectivity index (χ0n) is 13.0. The van der Waals surface area contributed by atoms with E-state index in [4.69, 9.17) is 0 Å². The van der Waals surface area contributed by atoms with Crippen LogP contribution in [0.2, 0.25) is 0 Å². The third-order valence-corrected chi connectivity index (χ3v) is 4.57. The van der Waals surface area contributed by atoms with Gasteiger partial charge >= 0.3 is 0 Å². The molecule has 1 heterocycles. The van der Waals surface area contributed by atoms with Gasteiger partial charge in [-0.2, -0.15) is 0 Å². The molecular formula is C15H28N2O2. The van der Waals surface area contributed by atoms with Crippen molar-refractivity contribution < 1.29 is 9.59 Å². The van der Waals surface area contributed by atoms with Crippen LogP contribution in [-0.4, -0.2) is 34.3 Å². The molecule has 0 aromatic carbocycles. The van der Waals surface area contributed by atoms with Gasteiger partial charge in [-0.25, -0.2) is 0 Å². The molecule has 1 aliphatic rings. The molecule has 1 atom stereocenters. The van der Waals surface area contributed by atoms with Crippen molar-refractivity contribution in [3.8, 4) is 0 Å². The maximum atomic E-state index is 12.9. The van der Waals surface area contributed by atoms with E-state index in [-0.39, 0.29) is 23.9 Å². The molecule has 4 heteroatoms. The second kappa shape index (κ2) is 6.40. The third kappa shape index (κ3) is 2.63. The summed E-state index contributed by atoms with van der Waals surface area (Å²) in [5.41, 5.74) is -0.689. The van der Waals surface area contributed by atoms with Gasteiger partial charge in [-0.3, -0.25) is 9.59 Å². The minimum absolute atomic E-state index is 0.0118. The first-order valence-electron chi connectivity index (χ1n) is 7.65. The second-order valence-electron chi connectivity index (χ2n) is 5.39. The van der Waals surface area contributed by atoms with Crippen molar-refractivity contribution in [2.45, 2.75) is 84.3 Å². The maximum Gasteiger partial charge on any atom is 0.249 e. The molecule has 1 saturated heterocycles. The molecule has 0 aliphatic carbocycles. The average molecular weight is 268 g/mol. The number of hydrogen-bond donors (Lipinski definition) is 1. The highest BCUT2D eigenvalue weighted by Crippen LogP contribution is 2.29. The van der Waals surface area contributed by atoms with Crippen LogP contribution in [0.5, 0.6) is 0 Å². The minimum Gasteiger partial charge on any atom is -0.340 e. The van der Waals surface area contributed by atoms with Gasteiger partial charge in [0.05, 0.1) is 0 Å². The van der Waals surface area contributed by atoms with Crippen LogP contribution < -0.4 is 5.32 Å². The van der Waals surface area contributed by atoms with Crippen LogP contribution >= 0.6 is 0 Å². The Bertz CT molecular complexity index is 333. The number of amides is 2. The molecule has 0 spiro atoms. The van der Waals surface area contributed by atoms with E-state index >= 15 is 0 Å². The zero-order chi connectivity index (χ0) is 14.6. The Kier molecular flexibility index (Phi) is 5.39. The fourth-order valence-electron chi connectivity index (χ4n) is 3.10. The highest BCUT2D eigenvalue weighted by molar-refractivity contribution is 6.00. The van der Waals surface area contributed by atoms with E-state index in [9.17, 15) is 9.59 Å². The second-order valence-corrected chi connectivity index (χ2v) is 5.39. The number of piperazine rings is 1. The van der Waals surface area contributed by atoms with Crippen LogP contribution in [-0.2, 0) is 9.59 Å². The highest BCUT2D eigenvalue weighted by Gasteiger charge is 2.49. The molecule has 2 amide bonds. The van der Waals surface area contributed by atoms with Crippen molar-refractivity contribution >= 4 is 11.8 Å². The lowest BCUT2D eigenvalue weighted by molar-refractivity contribution is -0.158. The van der Waals surface area contributed by atoms with Gasteiger partial charge in [-0.05, 0) is 32.1 Å². The largest absolute Gasteiger partial charge is 0.340 e. The quantitative estimate of drug-likeness (QED) is 0.804. The van der Waals surface area contributed by atoms with E-state index in [1.165, 1.54) is 0 Å². The lowest BCUT2D eigenvalue weighted by Gasteiger charge is -2.48. The van der Waals surface area contributed by atoms with Crippen molar-refractivity contribution in [2.75, 3.05) is 0 Å². The third-order valence-electron chi connectivity index (χ3n) is 4.57. The van der Waals surface area contributed by atoms with Gasteiger partial charge in [-0.1, -0.05) is 34.6 Å². The van der Waals surface area contributed by atoms with E-state index in [0.717, 1.165) is 12.8 Å². The summed E-state index contributed by atoms with van der Waals surface area (Å²) in [5, 5.41) is 2.98. The first kappa shape index (κ1) is 16.0. The summed E-state index contributed by atoms with van der Waals surface area (Å²) in [4.78, 5) is 27.1. The van der Waals surface area contributed by atoms with Crippen LogP contribution in [0, 0.1) is 0 Å². The smallest absolute Gasteiger partial charge is 0.249 e. The van der Waals surface area contributed by atoms with Gasteiger partial charge in [0.1, 0.15) is 11.6 Å². The SMILES string of the molecule is CCC(CC)N1C(=O)C(CC)(CC)NC(=O)C1CC. The lowest BCUT2D eigenvalue weighted by atomic mass is 9.85. The number of nitrogens with zero attached hydrogens (tertiary/aromatic N) is 1. The molecule has 0 aromatic rings. The molecule has 19 heavy (non-hydrogen) atoms. The Morgan fingerprint density at radius 3 is 2.00 bits per heavy atom. The topological polar surface area (TPSA) is 49.4 Å². The standard InChI is InChI=1S/C15H28N2O2/c1-6-11(7-2)17-12(8-3)13(18)16-15(9-4,10-5)14(17)19/h11-12H,6-10H2,1-5H3,(H,16,18). The van der Waals surface area contributed by atoms with Gasteiger partial charge < -0.3 is 10.2 Å². The van der Waals surface area contributed by atoms with Crippen molar-refractivity contribution in [3.63, 3.8) is 0 Å². The number of rotatable bonds is 6. The number of hydrogen-bond acceptors (Lipinski definition) is 2. The van der Waals surface area contributed by atoms with Crippen LogP contribution in [0.4, 0.5) is 0 Å². The molecule has 0 bridgehead atoms. The van der Waals surface area contributed by atoms with Crippen molar-refractivity contribution in [1.82, 2.24) is 10.2 Å². The fraction of sp³-hybridized carbons (Fsp3) is 0.867. The van der Waals surface area contributed by atoms with Gasteiger partial charge in [0.2, 0.25) is 11.8 Å². The lowest BCUT2D eigenvalue weighted by Crippen LogP contribution is -2.71. The molecule has 1 rings (SSSR count). The monoisotopic (exact) mass is 268 g/mol. The van der Waals surface area contributed by atoms with E-state index < -0.39 is 5.54 Å². The van der Waals surface area contributed by atoms with E-state index in [2.05, 4.69) is 19.2 Å². The van der Waals surface area contributed by atoms with Crippen LogP contribution in [0.15, 0.2) is 0 Å². The first-order valence-corrected chi connectivity index (χ1v) is 7.65. The Morgan fingerprint density at radius 2 is 1.63 bits per heavy atom. The summed E-state index contributed by atoms with van der Waals surface area (Å²) in [5.74, 6) is 0.121. The summed E-state index contributed by atoms with van der Waals surface area (Å²) in [6.07, 6.45) is 3.78. The molecular weight excluding hydrogens is 240 g/mol. The van der Waals surface area contributed by atoms with E-state index in [0.29, 0.717) is 19.3 Å². The summed E-state index contributed by atoms with van der Waals surface area (Å²) < 4.78 is 0. The molecule has 4 nitrogen and oxygen atoms in total. The normalized spacial score (nSPS) is 22.8. The Morgan fingerprint density at radius 1 is 1.11 bits per heavy atom. The Balaban J connectivity index is 3.19. The van der Waals surface area contributed by atoms with Crippen LogP contribution in [0.25, 0.3) is 0 Å². The van der Waals surface area contributed by atoms with Crippen LogP contribution in [0.3, 0.4) is 0 Å². The minimum atomic E-state index is -0.689. The summed E-state index contributed by atoms with van der Waals surface area (Å²) >= 11 is 0. The summed E-state index contributed by atoms with van der Waals surface area (Å²) in [6.45, 7) is 10.1. The van der Waals surface area contributed by atoms with Gasteiger partial charge in [0.15, 0.2) is 0 Å². The van der Waals surface area contributed by atoms with Gasteiger partial charge in [0, 0.05) is 6.04 Å². The van der Waals surface area contributed by atoms with Crippen LogP contribution in [0.1, 0.15) is 66.7 Å². The van der Waals surface area contributed by atoms with Gasteiger partial charge in [-0.15, -0.1) is 0 Å². The molecule has 0 radical (unpaired) electrons. The number of carbonyl (C=O) groups is 2. The predicted octanol–water partition coefficient (Wildman–Crippen LogP) is 2.47. The van der Waals surface area contributed by atoms with E-state index in [1.54, 1.807) is 0 Å². The molecule has 110 valence electrons. The molecule has 0 aromatic heterocycles. The highest BCUT2D eigenvalue weighted by atomic mass is 16.2. The molecule has 1 unspecified atom stereocenters. The van der Waals surface area contributed by atoms with Gasteiger partial charge in [0.25, 0.3) is 0 Å². The molecule has 0 saturated carbocycles. The number of carbonyl (C=O) groups excluding carboxylic acids is 2. The summed E-state index contributed by atoms with van der Waals surface area (Å²) in [6, 6.07) is -0.135. The van der Waals surface area contributed by atoms with Crippen molar-refractivity contribution in [1.29, 1.82) is 0 Å². The fourth-order valence-corrected chi connectivity index (χ4v) is 3.10. The Hall–Kier alpha value is -1.06.